The third-order valence-corrected chi connectivity index (χ3v) is 3.08. The summed E-state index contributed by atoms with van der Waals surface area (Å²) >= 11 is 0. The van der Waals surface area contributed by atoms with Gasteiger partial charge in [0.1, 0.15) is 11.3 Å². The van der Waals surface area contributed by atoms with Crippen molar-refractivity contribution in [3.05, 3.63) is 68.8 Å². The van der Waals surface area contributed by atoms with Gasteiger partial charge in [0.05, 0.1) is 10.5 Å². The number of carbonyl (C=O) groups excluding carboxylic acids is 1. The summed E-state index contributed by atoms with van der Waals surface area (Å²) in [7, 11) is 0. The van der Waals surface area contributed by atoms with Gasteiger partial charge in [0.25, 0.3) is 5.69 Å². The van der Waals surface area contributed by atoms with E-state index in [9.17, 15) is 24.8 Å². The number of phenolic OH excluding ortho intramolecular Hbond substituents is 1. The summed E-state index contributed by atoms with van der Waals surface area (Å²) in [5.74, 6) is -2.92. The first-order valence-corrected chi connectivity index (χ1v) is 6.17. The van der Waals surface area contributed by atoms with Crippen LogP contribution in [0.15, 0.2) is 36.4 Å². The Kier molecular flexibility index (Phi) is 3.89. The van der Waals surface area contributed by atoms with E-state index >= 15 is 0 Å². The Morgan fingerprint density at radius 1 is 1.09 bits per heavy atom. The van der Waals surface area contributed by atoms with Crippen LogP contribution in [0.1, 0.15) is 31.8 Å². The highest BCUT2D eigenvalue weighted by molar-refractivity contribution is 6.13. The molecular formula is C15H11NO6. The van der Waals surface area contributed by atoms with Crippen molar-refractivity contribution in [3.63, 3.8) is 0 Å². The van der Waals surface area contributed by atoms with E-state index in [2.05, 4.69) is 0 Å². The van der Waals surface area contributed by atoms with Gasteiger partial charge in [-0.05, 0) is 13.0 Å². The predicted octanol–water partition coefficient (Wildman–Crippen LogP) is 2.54. The number of carboxylic acids is 1. The molecule has 2 rings (SSSR count). The van der Waals surface area contributed by atoms with Gasteiger partial charge < -0.3 is 10.2 Å². The molecule has 7 nitrogen and oxygen atoms in total. The number of ketones is 1. The van der Waals surface area contributed by atoms with Gasteiger partial charge in [-0.15, -0.1) is 0 Å². The fourth-order valence-corrected chi connectivity index (χ4v) is 1.96. The van der Waals surface area contributed by atoms with Crippen LogP contribution in [0.2, 0.25) is 0 Å². The van der Waals surface area contributed by atoms with Crippen LogP contribution in [0, 0.1) is 17.0 Å². The van der Waals surface area contributed by atoms with Crippen LogP contribution in [0.4, 0.5) is 5.69 Å². The number of nitro benzene ring substituents is 1. The number of hydrogen-bond acceptors (Lipinski definition) is 5. The lowest BCUT2D eigenvalue weighted by atomic mass is 9.98. The van der Waals surface area contributed by atoms with Crippen LogP contribution in [0.25, 0.3) is 0 Å². The van der Waals surface area contributed by atoms with Gasteiger partial charge in [-0.2, -0.15) is 0 Å². The van der Waals surface area contributed by atoms with Gasteiger partial charge in [0, 0.05) is 11.6 Å². The van der Waals surface area contributed by atoms with Crippen molar-refractivity contribution in [1.29, 1.82) is 0 Å². The maximum atomic E-state index is 12.4. The Bertz CT molecular complexity index is 779. The quantitative estimate of drug-likeness (QED) is 0.509. The first-order chi connectivity index (χ1) is 10.3. The normalized spacial score (nSPS) is 10.2. The van der Waals surface area contributed by atoms with Crippen LogP contribution in [0.3, 0.4) is 0 Å². The van der Waals surface area contributed by atoms with E-state index in [0.29, 0.717) is 0 Å². The van der Waals surface area contributed by atoms with Gasteiger partial charge >= 0.3 is 5.97 Å². The molecule has 0 heterocycles. The highest BCUT2D eigenvalue weighted by atomic mass is 16.6. The summed E-state index contributed by atoms with van der Waals surface area (Å²) in [6.07, 6.45) is 0. The minimum absolute atomic E-state index is 0.159. The molecule has 0 spiro atoms. The zero-order valence-electron chi connectivity index (χ0n) is 11.4. The van der Waals surface area contributed by atoms with Crippen molar-refractivity contribution in [1.82, 2.24) is 0 Å². The predicted molar refractivity (Wildman–Crippen MR) is 76.3 cm³/mol. The first-order valence-electron chi connectivity index (χ1n) is 6.17. The first kappa shape index (κ1) is 15.2. The summed E-state index contributed by atoms with van der Waals surface area (Å²) in [5, 5.41) is 29.8. The number of hydrogen-bond donors (Lipinski definition) is 2. The molecule has 22 heavy (non-hydrogen) atoms. The Labute approximate surface area is 124 Å². The number of benzene rings is 2. The number of aryl methyl sites for hydroxylation is 1. The van der Waals surface area contributed by atoms with E-state index in [1.165, 1.54) is 12.1 Å². The lowest BCUT2D eigenvalue weighted by Gasteiger charge is -2.07. The molecule has 7 heteroatoms. The van der Waals surface area contributed by atoms with Crippen LogP contribution in [-0.4, -0.2) is 26.9 Å². The van der Waals surface area contributed by atoms with E-state index < -0.39 is 39.2 Å². The molecule has 0 amide bonds. The number of carbonyl (C=O) groups is 2. The van der Waals surface area contributed by atoms with Gasteiger partial charge in [-0.1, -0.05) is 29.8 Å². The van der Waals surface area contributed by atoms with Gasteiger partial charge in [-0.25, -0.2) is 4.79 Å². The number of aromatic hydroxyl groups is 1. The number of carboxylic acid groups (broad SMARTS) is 1. The van der Waals surface area contributed by atoms with Crippen molar-refractivity contribution in [2.75, 3.05) is 0 Å². The summed E-state index contributed by atoms with van der Waals surface area (Å²) < 4.78 is 0. The second kappa shape index (κ2) is 5.65. The average Bonchev–Trinajstić information content (AvgIpc) is 2.46. The smallest absolute Gasteiger partial charge is 0.336 e. The minimum atomic E-state index is -1.44. The van der Waals surface area contributed by atoms with Crippen molar-refractivity contribution < 1.29 is 24.7 Å². The molecule has 0 bridgehead atoms. The molecule has 0 aliphatic rings. The van der Waals surface area contributed by atoms with Crippen LogP contribution < -0.4 is 0 Å². The zero-order valence-corrected chi connectivity index (χ0v) is 11.4. The number of aromatic carboxylic acids is 1. The van der Waals surface area contributed by atoms with Crippen LogP contribution >= 0.6 is 0 Å². The van der Waals surface area contributed by atoms with E-state index in [4.69, 9.17) is 5.11 Å². The molecule has 2 aromatic carbocycles. The van der Waals surface area contributed by atoms with Crippen molar-refractivity contribution in [2.45, 2.75) is 6.92 Å². The minimum Gasteiger partial charge on any atom is -0.507 e. The topological polar surface area (TPSA) is 118 Å². The van der Waals surface area contributed by atoms with Crippen molar-refractivity contribution in [2.24, 2.45) is 0 Å². The number of nitro groups is 1. The third kappa shape index (κ3) is 2.78. The maximum absolute atomic E-state index is 12.4. The molecule has 112 valence electrons. The highest BCUT2D eigenvalue weighted by Crippen LogP contribution is 2.31. The van der Waals surface area contributed by atoms with Crippen molar-refractivity contribution >= 4 is 17.4 Å². The highest BCUT2D eigenvalue weighted by Gasteiger charge is 2.27. The number of phenols is 1. The van der Waals surface area contributed by atoms with Gasteiger partial charge in [-0.3, -0.25) is 14.9 Å². The largest absolute Gasteiger partial charge is 0.507 e. The Morgan fingerprint density at radius 2 is 1.68 bits per heavy atom. The molecule has 0 saturated carbocycles. The van der Waals surface area contributed by atoms with E-state index in [0.717, 1.165) is 17.7 Å². The fourth-order valence-electron chi connectivity index (χ4n) is 1.96. The summed E-state index contributed by atoms with van der Waals surface area (Å²) in [5.41, 5.74) is -0.685. The number of nitrogens with zero attached hydrogens (tertiary/aromatic N) is 1. The molecule has 0 aromatic heterocycles. The van der Waals surface area contributed by atoms with E-state index in [1.807, 2.05) is 6.92 Å². The van der Waals surface area contributed by atoms with Gasteiger partial charge in [0.15, 0.2) is 0 Å². The fraction of sp³-hybridized carbons (Fsp3) is 0.0667. The Hall–Kier alpha value is -3.22. The molecule has 0 saturated heterocycles. The van der Waals surface area contributed by atoms with Crippen LogP contribution in [0.5, 0.6) is 5.75 Å². The monoisotopic (exact) mass is 301 g/mol. The molecule has 2 N–H and O–H groups in total. The lowest BCUT2D eigenvalue weighted by molar-refractivity contribution is -0.385. The molecule has 2 aromatic rings. The van der Waals surface area contributed by atoms with Crippen LogP contribution in [-0.2, 0) is 0 Å². The molecule has 0 aliphatic heterocycles. The maximum Gasteiger partial charge on any atom is 0.336 e. The number of rotatable bonds is 4. The zero-order chi connectivity index (χ0) is 16.4. The summed E-state index contributed by atoms with van der Waals surface area (Å²) in [4.78, 5) is 33.5. The van der Waals surface area contributed by atoms with Crippen molar-refractivity contribution in [3.8, 4) is 5.75 Å². The summed E-state index contributed by atoms with van der Waals surface area (Å²) in [6.45, 7) is 1.82. The molecule has 0 aliphatic carbocycles. The molecule has 0 unspecified atom stereocenters. The molecule has 0 fully saturated rings. The van der Waals surface area contributed by atoms with E-state index in [-0.39, 0.29) is 5.56 Å². The second-order valence-electron chi connectivity index (χ2n) is 4.65. The van der Waals surface area contributed by atoms with Gasteiger partial charge in [0.2, 0.25) is 5.78 Å². The second-order valence-corrected chi connectivity index (χ2v) is 4.65. The lowest BCUT2D eigenvalue weighted by Crippen LogP contribution is -2.08. The molecular weight excluding hydrogens is 290 g/mol. The standard InChI is InChI=1S/C15H11NO6/c1-8-2-4-9(5-3-8)14(18)13-11(16(21)22)6-10(15(19)20)7-12(13)17/h2-7,17H,1H3,(H,19,20). The van der Waals surface area contributed by atoms with E-state index in [1.54, 1.807) is 12.1 Å². The molecule has 0 atom stereocenters. The third-order valence-electron chi connectivity index (χ3n) is 3.08. The Morgan fingerprint density at radius 3 is 2.18 bits per heavy atom. The molecule has 0 radical (unpaired) electrons. The average molecular weight is 301 g/mol. The summed E-state index contributed by atoms with van der Waals surface area (Å²) in [6, 6.07) is 7.83. The SMILES string of the molecule is Cc1ccc(C(=O)c2c(O)cc(C(=O)O)cc2[N+](=O)[O-])cc1. The Balaban J connectivity index is 2.63.